The molecule has 0 heterocycles. The second-order valence-electron chi connectivity index (χ2n) is 4.40. The quantitative estimate of drug-likeness (QED) is 0.750. The maximum Gasteiger partial charge on any atom is 0.411 e. The predicted molar refractivity (Wildman–Crippen MR) is 59.7 cm³/mol. The summed E-state index contributed by atoms with van der Waals surface area (Å²) in [6.45, 7) is 10.4. The molecular weight excluding hydrogens is 210 g/mol. The Bertz CT molecular complexity index is 291. The number of hydrogen-bond donors (Lipinski definition) is 1. The maximum atomic E-state index is 11.3. The molecule has 5 nitrogen and oxygen atoms in total. The van der Waals surface area contributed by atoms with E-state index in [-0.39, 0.29) is 5.70 Å². The van der Waals surface area contributed by atoms with E-state index in [0.717, 1.165) is 0 Å². The third-order valence-corrected chi connectivity index (χ3v) is 1.74. The van der Waals surface area contributed by atoms with Crippen LogP contribution in [0.25, 0.3) is 0 Å². The Morgan fingerprint density at radius 3 is 2.19 bits per heavy atom. The van der Waals surface area contributed by atoms with Crippen molar-refractivity contribution in [2.45, 2.75) is 33.3 Å². The summed E-state index contributed by atoms with van der Waals surface area (Å²) in [6.07, 6.45) is -0.631. The molecule has 0 saturated carbocycles. The van der Waals surface area contributed by atoms with E-state index in [4.69, 9.17) is 4.74 Å². The molecular formula is C11H19NO4. The fourth-order valence-electron chi connectivity index (χ4n) is 0.862. The largest absolute Gasteiger partial charge is 0.469 e. The van der Waals surface area contributed by atoms with Crippen molar-refractivity contribution in [1.29, 1.82) is 0 Å². The number of amides is 1. The van der Waals surface area contributed by atoms with Crippen molar-refractivity contribution < 1.29 is 19.1 Å². The molecule has 0 aromatic rings. The molecule has 16 heavy (non-hydrogen) atoms. The van der Waals surface area contributed by atoms with Crippen LogP contribution in [0.2, 0.25) is 0 Å². The summed E-state index contributed by atoms with van der Waals surface area (Å²) in [7, 11) is 1.28. The molecule has 5 heteroatoms. The van der Waals surface area contributed by atoms with Gasteiger partial charge in [-0.25, -0.2) is 4.79 Å². The van der Waals surface area contributed by atoms with Crippen molar-refractivity contribution in [2.24, 2.45) is 5.92 Å². The lowest BCUT2D eigenvalue weighted by Gasteiger charge is -2.21. The van der Waals surface area contributed by atoms with Gasteiger partial charge >= 0.3 is 12.1 Å². The first-order chi connectivity index (χ1) is 7.17. The van der Waals surface area contributed by atoms with Gasteiger partial charge in [-0.1, -0.05) is 6.58 Å². The molecule has 1 amide bonds. The zero-order chi connectivity index (χ0) is 12.9. The fourth-order valence-corrected chi connectivity index (χ4v) is 0.862. The van der Waals surface area contributed by atoms with Crippen LogP contribution in [0.3, 0.4) is 0 Å². The number of carbonyl (C=O) groups excluding carboxylic acids is 2. The first-order valence-electron chi connectivity index (χ1n) is 4.94. The molecule has 1 N–H and O–H groups in total. The van der Waals surface area contributed by atoms with E-state index in [9.17, 15) is 9.59 Å². The summed E-state index contributed by atoms with van der Waals surface area (Å²) in [4.78, 5) is 22.5. The molecule has 1 unspecified atom stereocenters. The van der Waals surface area contributed by atoms with Crippen LogP contribution in [-0.4, -0.2) is 24.8 Å². The van der Waals surface area contributed by atoms with Crippen molar-refractivity contribution >= 4 is 12.1 Å². The van der Waals surface area contributed by atoms with Crippen molar-refractivity contribution in [3.8, 4) is 0 Å². The van der Waals surface area contributed by atoms with Crippen LogP contribution in [-0.2, 0) is 14.3 Å². The van der Waals surface area contributed by atoms with Crippen LogP contribution >= 0.6 is 0 Å². The van der Waals surface area contributed by atoms with Gasteiger partial charge in [0.05, 0.1) is 13.0 Å². The lowest BCUT2D eigenvalue weighted by atomic mass is 10.1. The molecule has 0 radical (unpaired) electrons. The Balaban J connectivity index is 4.25. The summed E-state index contributed by atoms with van der Waals surface area (Å²) >= 11 is 0. The molecule has 0 rings (SSSR count). The molecule has 0 aliphatic rings. The summed E-state index contributed by atoms with van der Waals surface area (Å²) in [5.41, 5.74) is -0.333. The van der Waals surface area contributed by atoms with Crippen LogP contribution in [0.4, 0.5) is 4.79 Å². The van der Waals surface area contributed by atoms with E-state index >= 15 is 0 Å². The van der Waals surface area contributed by atoms with E-state index in [2.05, 4.69) is 16.6 Å². The Morgan fingerprint density at radius 2 is 1.81 bits per heavy atom. The van der Waals surface area contributed by atoms with Gasteiger partial charge in [0.25, 0.3) is 0 Å². The molecule has 0 fully saturated rings. The zero-order valence-electron chi connectivity index (χ0n) is 10.4. The van der Waals surface area contributed by atoms with E-state index in [0.29, 0.717) is 0 Å². The molecule has 92 valence electrons. The smallest absolute Gasteiger partial charge is 0.411 e. The van der Waals surface area contributed by atoms with Crippen LogP contribution in [0.1, 0.15) is 27.7 Å². The third-order valence-electron chi connectivity index (χ3n) is 1.74. The van der Waals surface area contributed by atoms with Crippen molar-refractivity contribution in [2.75, 3.05) is 7.11 Å². The highest BCUT2D eigenvalue weighted by Crippen LogP contribution is 2.10. The lowest BCUT2D eigenvalue weighted by molar-refractivity contribution is -0.143. The standard InChI is InChI=1S/C11H19NO4/c1-7(9(13)15-6)8(2)12-10(14)16-11(3,4)5/h7H,2H2,1,3-6H3,(H,12,14). The van der Waals surface area contributed by atoms with E-state index in [1.807, 2.05) is 0 Å². The SMILES string of the molecule is C=C(NC(=O)OC(C)(C)C)C(C)C(=O)OC. The number of alkyl carbamates (subject to hydrolysis) is 1. The van der Waals surface area contributed by atoms with Gasteiger partial charge in [0.1, 0.15) is 5.60 Å². The number of esters is 1. The van der Waals surface area contributed by atoms with Gasteiger partial charge in [-0.15, -0.1) is 0 Å². The van der Waals surface area contributed by atoms with Gasteiger partial charge < -0.3 is 9.47 Å². The predicted octanol–water partition coefficient (Wildman–Crippen LogP) is 1.83. The van der Waals surface area contributed by atoms with Gasteiger partial charge in [0.15, 0.2) is 0 Å². The Morgan fingerprint density at radius 1 is 1.31 bits per heavy atom. The molecule has 0 bridgehead atoms. The highest BCUT2D eigenvalue weighted by Gasteiger charge is 2.21. The topological polar surface area (TPSA) is 64.6 Å². The second-order valence-corrected chi connectivity index (χ2v) is 4.40. The molecule has 0 aliphatic heterocycles. The Labute approximate surface area is 95.8 Å². The van der Waals surface area contributed by atoms with Crippen molar-refractivity contribution in [1.82, 2.24) is 5.32 Å². The molecule has 0 spiro atoms. The van der Waals surface area contributed by atoms with E-state index in [1.54, 1.807) is 27.7 Å². The maximum absolute atomic E-state index is 11.3. The summed E-state index contributed by atoms with van der Waals surface area (Å²) < 4.78 is 9.53. The summed E-state index contributed by atoms with van der Waals surface area (Å²) in [5, 5.41) is 2.39. The second kappa shape index (κ2) is 5.53. The van der Waals surface area contributed by atoms with E-state index in [1.165, 1.54) is 7.11 Å². The normalized spacial score (nSPS) is 12.6. The minimum atomic E-state index is -0.631. The van der Waals surface area contributed by atoms with Gasteiger partial charge in [-0.2, -0.15) is 0 Å². The first kappa shape index (κ1) is 14.5. The Hall–Kier alpha value is -1.52. The number of methoxy groups -OCH3 is 1. The molecule has 0 aromatic heterocycles. The monoisotopic (exact) mass is 229 g/mol. The van der Waals surface area contributed by atoms with Crippen LogP contribution in [0.5, 0.6) is 0 Å². The number of hydrogen-bond acceptors (Lipinski definition) is 4. The van der Waals surface area contributed by atoms with Gasteiger partial charge in [-0.05, 0) is 27.7 Å². The average molecular weight is 229 g/mol. The number of ether oxygens (including phenoxy) is 2. The number of carbonyl (C=O) groups is 2. The Kier molecular flexibility index (Phi) is 5.01. The lowest BCUT2D eigenvalue weighted by Crippen LogP contribution is -2.34. The fraction of sp³-hybridized carbons (Fsp3) is 0.636. The van der Waals surface area contributed by atoms with Gasteiger partial charge in [0, 0.05) is 5.70 Å². The zero-order valence-corrected chi connectivity index (χ0v) is 10.4. The number of nitrogens with one attached hydrogen (secondary N) is 1. The minimum Gasteiger partial charge on any atom is -0.469 e. The van der Waals surface area contributed by atoms with Crippen molar-refractivity contribution in [3.05, 3.63) is 12.3 Å². The molecule has 0 aliphatic carbocycles. The molecule has 0 saturated heterocycles. The van der Waals surface area contributed by atoms with Gasteiger partial charge in [0.2, 0.25) is 0 Å². The first-order valence-corrected chi connectivity index (χ1v) is 4.94. The van der Waals surface area contributed by atoms with E-state index < -0.39 is 23.6 Å². The highest BCUT2D eigenvalue weighted by atomic mass is 16.6. The highest BCUT2D eigenvalue weighted by molar-refractivity contribution is 5.78. The van der Waals surface area contributed by atoms with Crippen LogP contribution in [0, 0.1) is 5.92 Å². The molecule has 0 aromatic carbocycles. The third kappa shape index (κ3) is 5.38. The van der Waals surface area contributed by atoms with Crippen molar-refractivity contribution in [3.63, 3.8) is 0 Å². The number of rotatable bonds is 3. The van der Waals surface area contributed by atoms with Gasteiger partial charge in [-0.3, -0.25) is 10.1 Å². The average Bonchev–Trinajstić information content (AvgIpc) is 2.12. The minimum absolute atomic E-state index is 0.251. The van der Waals surface area contributed by atoms with Crippen LogP contribution < -0.4 is 5.32 Å². The molecule has 1 atom stereocenters. The summed E-state index contributed by atoms with van der Waals surface area (Å²) in [5.74, 6) is -1.06. The summed E-state index contributed by atoms with van der Waals surface area (Å²) in [6, 6.07) is 0. The van der Waals surface area contributed by atoms with Crippen LogP contribution in [0.15, 0.2) is 12.3 Å².